The second-order valence-electron chi connectivity index (χ2n) is 6.30. The van der Waals surface area contributed by atoms with Crippen molar-refractivity contribution in [1.82, 2.24) is 10.2 Å². The molecule has 4 nitrogen and oxygen atoms in total. The van der Waals surface area contributed by atoms with E-state index in [1.165, 1.54) is 5.75 Å². The van der Waals surface area contributed by atoms with E-state index in [2.05, 4.69) is 47.7 Å². The predicted molar refractivity (Wildman–Crippen MR) is 82.9 cm³/mol. The Labute approximate surface area is 121 Å². The Kier molecular flexibility index (Phi) is 5.01. The molecule has 1 unspecified atom stereocenters. The van der Waals surface area contributed by atoms with Crippen molar-refractivity contribution in [3.8, 4) is 0 Å². The number of thioether (sulfide) groups is 1. The summed E-state index contributed by atoms with van der Waals surface area (Å²) in [6, 6.07) is 0. The van der Waals surface area contributed by atoms with Crippen LogP contribution in [0.5, 0.6) is 0 Å². The molecule has 0 saturated carbocycles. The average molecular weight is 285 g/mol. The van der Waals surface area contributed by atoms with E-state index in [0.29, 0.717) is 0 Å². The molecule has 2 saturated heterocycles. The molecular formula is C14H27N3OS. The largest absolute Gasteiger partial charge is 0.380 e. The lowest BCUT2D eigenvalue weighted by Crippen LogP contribution is -2.54. The minimum atomic E-state index is 0.290. The molecule has 110 valence electrons. The van der Waals surface area contributed by atoms with Gasteiger partial charge >= 0.3 is 0 Å². The van der Waals surface area contributed by atoms with E-state index in [1.54, 1.807) is 0 Å². The first kappa shape index (κ1) is 15.0. The van der Waals surface area contributed by atoms with Crippen LogP contribution in [-0.2, 0) is 4.74 Å². The standard InChI is InChI=1S/C14H27N3OS/c1-11(2)12-7-17(5-6-19-12)13(15-4)16-8-14(3)9-18-10-14/h11-12H,5-10H2,1-4H3,(H,15,16). The van der Waals surface area contributed by atoms with Gasteiger partial charge in [0.25, 0.3) is 0 Å². The monoisotopic (exact) mass is 285 g/mol. The second-order valence-corrected chi connectivity index (χ2v) is 7.65. The molecule has 0 bridgehead atoms. The third-order valence-electron chi connectivity index (χ3n) is 3.92. The summed E-state index contributed by atoms with van der Waals surface area (Å²) in [5, 5.41) is 4.25. The third kappa shape index (κ3) is 3.78. The van der Waals surface area contributed by atoms with Gasteiger partial charge < -0.3 is 15.0 Å². The first-order chi connectivity index (χ1) is 9.04. The maximum atomic E-state index is 5.30. The van der Waals surface area contributed by atoms with Crippen molar-refractivity contribution >= 4 is 17.7 Å². The Bertz CT molecular complexity index is 329. The van der Waals surface area contributed by atoms with Gasteiger partial charge in [0.1, 0.15) is 0 Å². The van der Waals surface area contributed by atoms with Crippen LogP contribution in [0, 0.1) is 11.3 Å². The van der Waals surface area contributed by atoms with Gasteiger partial charge in [0.2, 0.25) is 0 Å². The Morgan fingerprint density at radius 3 is 2.79 bits per heavy atom. The molecule has 1 atom stereocenters. The van der Waals surface area contributed by atoms with Gasteiger partial charge in [-0.15, -0.1) is 0 Å². The highest BCUT2D eigenvalue weighted by Crippen LogP contribution is 2.26. The van der Waals surface area contributed by atoms with Crippen molar-refractivity contribution < 1.29 is 4.74 Å². The number of guanidine groups is 1. The first-order valence-electron chi connectivity index (χ1n) is 7.19. The van der Waals surface area contributed by atoms with Crippen molar-refractivity contribution in [1.29, 1.82) is 0 Å². The summed E-state index contributed by atoms with van der Waals surface area (Å²) in [7, 11) is 1.88. The highest BCUT2D eigenvalue weighted by molar-refractivity contribution is 8.00. The van der Waals surface area contributed by atoms with Crippen molar-refractivity contribution in [2.45, 2.75) is 26.0 Å². The van der Waals surface area contributed by atoms with Crippen LogP contribution in [0.15, 0.2) is 4.99 Å². The lowest BCUT2D eigenvalue weighted by Gasteiger charge is -2.41. The molecule has 19 heavy (non-hydrogen) atoms. The van der Waals surface area contributed by atoms with Gasteiger partial charge in [-0.05, 0) is 5.92 Å². The van der Waals surface area contributed by atoms with Crippen LogP contribution in [0.25, 0.3) is 0 Å². The van der Waals surface area contributed by atoms with Crippen LogP contribution >= 0.6 is 11.8 Å². The normalized spacial score (nSPS) is 27.3. The number of nitrogens with one attached hydrogen (secondary N) is 1. The summed E-state index contributed by atoms with van der Waals surface area (Å²) in [5.74, 6) is 2.98. The Balaban J connectivity index is 1.86. The van der Waals surface area contributed by atoms with Crippen LogP contribution in [-0.4, -0.2) is 61.8 Å². The topological polar surface area (TPSA) is 36.9 Å². The molecular weight excluding hydrogens is 258 g/mol. The summed E-state index contributed by atoms with van der Waals surface area (Å²) in [4.78, 5) is 6.86. The predicted octanol–water partition coefficient (Wildman–Crippen LogP) is 1.67. The molecule has 0 aromatic carbocycles. The minimum absolute atomic E-state index is 0.290. The van der Waals surface area contributed by atoms with E-state index in [-0.39, 0.29) is 5.41 Å². The Hall–Kier alpha value is -0.420. The molecule has 0 aromatic heterocycles. The molecule has 0 aliphatic carbocycles. The van der Waals surface area contributed by atoms with Gasteiger partial charge in [0, 0.05) is 43.1 Å². The molecule has 0 spiro atoms. The zero-order valence-electron chi connectivity index (χ0n) is 12.6. The molecule has 2 rings (SSSR count). The molecule has 5 heteroatoms. The maximum absolute atomic E-state index is 5.30. The summed E-state index contributed by atoms with van der Waals surface area (Å²) in [6.07, 6.45) is 0. The highest BCUT2D eigenvalue weighted by atomic mass is 32.2. The van der Waals surface area contributed by atoms with Gasteiger partial charge in [0.05, 0.1) is 13.2 Å². The number of hydrogen-bond acceptors (Lipinski definition) is 3. The molecule has 0 aromatic rings. The number of hydrogen-bond donors (Lipinski definition) is 1. The van der Waals surface area contributed by atoms with Gasteiger partial charge in [-0.25, -0.2) is 0 Å². The maximum Gasteiger partial charge on any atom is 0.193 e. The number of ether oxygens (including phenoxy) is 1. The van der Waals surface area contributed by atoms with E-state index in [4.69, 9.17) is 4.74 Å². The van der Waals surface area contributed by atoms with Crippen LogP contribution < -0.4 is 5.32 Å². The summed E-state index contributed by atoms with van der Waals surface area (Å²) >= 11 is 2.10. The lowest BCUT2D eigenvalue weighted by molar-refractivity contribution is -0.0972. The van der Waals surface area contributed by atoms with Crippen molar-refractivity contribution in [2.75, 3.05) is 45.6 Å². The summed E-state index contributed by atoms with van der Waals surface area (Å²) < 4.78 is 5.30. The Morgan fingerprint density at radius 1 is 1.53 bits per heavy atom. The van der Waals surface area contributed by atoms with Crippen LogP contribution in [0.2, 0.25) is 0 Å². The van der Waals surface area contributed by atoms with Gasteiger partial charge in [0.15, 0.2) is 5.96 Å². The number of rotatable bonds is 3. The Morgan fingerprint density at radius 2 is 2.26 bits per heavy atom. The first-order valence-corrected chi connectivity index (χ1v) is 8.24. The quantitative estimate of drug-likeness (QED) is 0.632. The van der Waals surface area contributed by atoms with Crippen LogP contribution in [0.1, 0.15) is 20.8 Å². The van der Waals surface area contributed by atoms with E-state index >= 15 is 0 Å². The fourth-order valence-electron chi connectivity index (χ4n) is 2.45. The van der Waals surface area contributed by atoms with E-state index in [9.17, 15) is 0 Å². The zero-order chi connectivity index (χ0) is 13.9. The smallest absolute Gasteiger partial charge is 0.193 e. The summed E-state index contributed by atoms with van der Waals surface area (Å²) in [6.45, 7) is 11.8. The van der Waals surface area contributed by atoms with E-state index in [0.717, 1.165) is 50.0 Å². The van der Waals surface area contributed by atoms with Crippen molar-refractivity contribution in [3.63, 3.8) is 0 Å². The molecule has 2 aliphatic heterocycles. The molecule has 0 radical (unpaired) electrons. The second kappa shape index (κ2) is 6.35. The van der Waals surface area contributed by atoms with Crippen LogP contribution in [0.3, 0.4) is 0 Å². The lowest BCUT2D eigenvalue weighted by atomic mass is 9.89. The summed E-state index contributed by atoms with van der Waals surface area (Å²) in [5.41, 5.74) is 0.290. The number of aliphatic imine (C=N–C) groups is 1. The van der Waals surface area contributed by atoms with E-state index in [1.807, 2.05) is 7.05 Å². The molecule has 1 N–H and O–H groups in total. The van der Waals surface area contributed by atoms with Crippen LogP contribution in [0.4, 0.5) is 0 Å². The zero-order valence-corrected chi connectivity index (χ0v) is 13.4. The van der Waals surface area contributed by atoms with Gasteiger partial charge in [-0.2, -0.15) is 11.8 Å². The molecule has 0 amide bonds. The molecule has 2 fully saturated rings. The van der Waals surface area contributed by atoms with Crippen molar-refractivity contribution in [2.24, 2.45) is 16.3 Å². The number of nitrogens with zero attached hydrogens (tertiary/aromatic N) is 2. The molecule has 2 aliphatic rings. The highest BCUT2D eigenvalue weighted by Gasteiger charge is 2.34. The minimum Gasteiger partial charge on any atom is -0.380 e. The fourth-order valence-corrected chi connectivity index (χ4v) is 3.75. The molecule has 2 heterocycles. The SMILES string of the molecule is CN=C(NCC1(C)COC1)N1CCSC(C(C)C)C1. The average Bonchev–Trinajstić information content (AvgIpc) is 2.37. The van der Waals surface area contributed by atoms with Gasteiger partial charge in [-0.3, -0.25) is 4.99 Å². The fraction of sp³-hybridized carbons (Fsp3) is 0.929. The van der Waals surface area contributed by atoms with Crippen molar-refractivity contribution in [3.05, 3.63) is 0 Å². The van der Waals surface area contributed by atoms with E-state index < -0.39 is 0 Å². The third-order valence-corrected chi connectivity index (χ3v) is 5.46. The van der Waals surface area contributed by atoms with Gasteiger partial charge in [-0.1, -0.05) is 20.8 Å².